The van der Waals surface area contributed by atoms with E-state index in [4.69, 9.17) is 15.2 Å². The van der Waals surface area contributed by atoms with Gasteiger partial charge in [0.25, 0.3) is 0 Å². The predicted molar refractivity (Wildman–Crippen MR) is 59.0 cm³/mol. The molecule has 0 aliphatic carbocycles. The maximum Gasteiger partial charge on any atom is 0.322 e. The molecule has 2 atom stereocenters. The number of hydrogen-bond acceptors (Lipinski definition) is 5. The van der Waals surface area contributed by atoms with Gasteiger partial charge in [-0.2, -0.15) is 0 Å². The Morgan fingerprint density at radius 2 is 2.38 bits per heavy atom. The molecule has 94 valence electrons. The third-order valence-electron chi connectivity index (χ3n) is 2.65. The zero-order valence-electron chi connectivity index (χ0n) is 9.81. The van der Waals surface area contributed by atoms with E-state index in [1.807, 2.05) is 0 Å². The van der Waals surface area contributed by atoms with E-state index in [1.54, 1.807) is 0 Å². The zero-order valence-corrected chi connectivity index (χ0v) is 9.81. The van der Waals surface area contributed by atoms with Gasteiger partial charge in [0.1, 0.15) is 6.04 Å². The van der Waals surface area contributed by atoms with E-state index in [0.717, 1.165) is 19.4 Å². The Labute approximate surface area is 96.2 Å². The fraction of sp³-hybridized carbons (Fsp3) is 0.909. The van der Waals surface area contributed by atoms with Gasteiger partial charge in [-0.15, -0.1) is 0 Å². The first kappa shape index (κ1) is 13.4. The van der Waals surface area contributed by atoms with E-state index in [2.05, 4.69) is 4.74 Å². The summed E-state index contributed by atoms with van der Waals surface area (Å²) >= 11 is 0. The first-order valence-electron chi connectivity index (χ1n) is 5.76. The number of nitrogens with two attached hydrogens (primary N) is 1. The molecule has 1 rings (SSSR count). The molecule has 0 aromatic rings. The van der Waals surface area contributed by atoms with Crippen LogP contribution in [-0.4, -0.2) is 45.0 Å². The second kappa shape index (κ2) is 7.60. The Bertz CT molecular complexity index is 204. The smallest absolute Gasteiger partial charge is 0.322 e. The third kappa shape index (κ3) is 4.92. The van der Waals surface area contributed by atoms with Crippen molar-refractivity contribution >= 4 is 5.97 Å². The van der Waals surface area contributed by atoms with Crippen LogP contribution in [0.3, 0.4) is 0 Å². The number of carbonyl (C=O) groups is 1. The van der Waals surface area contributed by atoms with Crippen LogP contribution in [0.1, 0.15) is 25.7 Å². The van der Waals surface area contributed by atoms with Crippen LogP contribution in [0, 0.1) is 0 Å². The SMILES string of the molecule is COC(=O)C(N)CCOCC1CCCCO1. The van der Waals surface area contributed by atoms with Crippen molar-refractivity contribution in [1.29, 1.82) is 0 Å². The van der Waals surface area contributed by atoms with Crippen molar-refractivity contribution in [3.8, 4) is 0 Å². The molecule has 0 amide bonds. The largest absolute Gasteiger partial charge is 0.468 e. The molecule has 1 aliphatic rings. The maximum absolute atomic E-state index is 11.0. The molecule has 2 unspecified atom stereocenters. The second-order valence-electron chi connectivity index (χ2n) is 3.98. The van der Waals surface area contributed by atoms with Gasteiger partial charge in [-0.1, -0.05) is 0 Å². The number of carbonyl (C=O) groups excluding carboxylic acids is 1. The Morgan fingerprint density at radius 1 is 1.56 bits per heavy atom. The Hall–Kier alpha value is -0.650. The average molecular weight is 231 g/mol. The highest BCUT2D eigenvalue weighted by molar-refractivity contribution is 5.75. The summed E-state index contributed by atoms with van der Waals surface area (Å²) < 4.78 is 15.4. The van der Waals surface area contributed by atoms with Crippen LogP contribution in [0.4, 0.5) is 0 Å². The molecule has 2 N–H and O–H groups in total. The Balaban J connectivity index is 2.00. The molecule has 5 heteroatoms. The van der Waals surface area contributed by atoms with Gasteiger partial charge in [-0.3, -0.25) is 4.79 Å². The van der Waals surface area contributed by atoms with Gasteiger partial charge in [0.2, 0.25) is 0 Å². The van der Waals surface area contributed by atoms with Gasteiger partial charge in [0.05, 0.1) is 19.8 Å². The van der Waals surface area contributed by atoms with E-state index >= 15 is 0 Å². The van der Waals surface area contributed by atoms with E-state index in [1.165, 1.54) is 13.5 Å². The molecule has 0 bridgehead atoms. The molecule has 0 radical (unpaired) electrons. The zero-order chi connectivity index (χ0) is 11.8. The number of rotatable bonds is 6. The molecule has 16 heavy (non-hydrogen) atoms. The quantitative estimate of drug-likeness (QED) is 0.531. The van der Waals surface area contributed by atoms with Gasteiger partial charge < -0.3 is 19.9 Å². The van der Waals surface area contributed by atoms with Crippen LogP contribution >= 0.6 is 0 Å². The van der Waals surface area contributed by atoms with Crippen molar-refractivity contribution in [2.45, 2.75) is 37.8 Å². The summed E-state index contributed by atoms with van der Waals surface area (Å²) in [7, 11) is 1.33. The number of esters is 1. The van der Waals surface area contributed by atoms with Crippen LogP contribution < -0.4 is 5.73 Å². The Kier molecular flexibility index (Phi) is 6.37. The molecule has 1 aliphatic heterocycles. The number of ether oxygens (including phenoxy) is 3. The van der Waals surface area contributed by atoms with Crippen LogP contribution in [0.5, 0.6) is 0 Å². The molecular weight excluding hydrogens is 210 g/mol. The predicted octanol–water partition coefficient (Wildman–Crippen LogP) is 0.463. The van der Waals surface area contributed by atoms with Crippen molar-refractivity contribution < 1.29 is 19.0 Å². The van der Waals surface area contributed by atoms with Gasteiger partial charge in [0.15, 0.2) is 0 Å². The second-order valence-corrected chi connectivity index (χ2v) is 3.98. The molecule has 1 heterocycles. The number of hydrogen-bond donors (Lipinski definition) is 1. The lowest BCUT2D eigenvalue weighted by molar-refractivity contribution is -0.142. The minimum absolute atomic E-state index is 0.211. The van der Waals surface area contributed by atoms with Crippen molar-refractivity contribution in [2.75, 3.05) is 26.9 Å². The summed E-state index contributed by atoms with van der Waals surface area (Å²) in [6, 6.07) is -0.586. The molecule has 0 aromatic heterocycles. The highest BCUT2D eigenvalue weighted by atomic mass is 16.5. The van der Waals surface area contributed by atoms with Crippen molar-refractivity contribution in [3.05, 3.63) is 0 Å². The van der Waals surface area contributed by atoms with Gasteiger partial charge >= 0.3 is 5.97 Å². The van der Waals surface area contributed by atoms with Crippen LogP contribution in [0.25, 0.3) is 0 Å². The minimum atomic E-state index is -0.586. The number of methoxy groups -OCH3 is 1. The molecule has 1 saturated heterocycles. The van der Waals surface area contributed by atoms with E-state index in [9.17, 15) is 4.79 Å². The van der Waals surface area contributed by atoms with Crippen molar-refractivity contribution in [1.82, 2.24) is 0 Å². The first-order chi connectivity index (χ1) is 7.74. The lowest BCUT2D eigenvalue weighted by atomic mass is 10.1. The Morgan fingerprint density at radius 3 is 3.00 bits per heavy atom. The van der Waals surface area contributed by atoms with Gasteiger partial charge in [-0.05, 0) is 25.7 Å². The van der Waals surface area contributed by atoms with Gasteiger partial charge in [0, 0.05) is 13.2 Å². The molecule has 0 spiro atoms. The standard InChI is InChI=1S/C11H21NO4/c1-14-11(13)10(12)5-7-15-8-9-4-2-3-6-16-9/h9-10H,2-8,12H2,1H3. The molecule has 5 nitrogen and oxygen atoms in total. The minimum Gasteiger partial charge on any atom is -0.468 e. The van der Waals surface area contributed by atoms with Crippen molar-refractivity contribution in [2.24, 2.45) is 5.73 Å². The summed E-state index contributed by atoms with van der Waals surface area (Å²) in [5.41, 5.74) is 5.56. The lowest BCUT2D eigenvalue weighted by Gasteiger charge is -2.22. The summed E-state index contributed by atoms with van der Waals surface area (Å²) in [6.07, 6.45) is 4.10. The van der Waals surface area contributed by atoms with Crippen LogP contribution in [-0.2, 0) is 19.0 Å². The van der Waals surface area contributed by atoms with E-state index in [0.29, 0.717) is 19.6 Å². The fourth-order valence-corrected chi connectivity index (χ4v) is 1.63. The summed E-state index contributed by atoms with van der Waals surface area (Å²) in [6.45, 7) is 1.89. The topological polar surface area (TPSA) is 70.8 Å². The molecular formula is C11H21NO4. The molecule has 1 fully saturated rings. The normalized spacial score (nSPS) is 22.8. The van der Waals surface area contributed by atoms with Gasteiger partial charge in [-0.25, -0.2) is 0 Å². The molecule has 0 aromatic carbocycles. The third-order valence-corrected chi connectivity index (χ3v) is 2.65. The van der Waals surface area contributed by atoms with Crippen LogP contribution in [0.2, 0.25) is 0 Å². The average Bonchev–Trinajstić information content (AvgIpc) is 2.34. The fourth-order valence-electron chi connectivity index (χ4n) is 1.63. The maximum atomic E-state index is 11.0. The first-order valence-corrected chi connectivity index (χ1v) is 5.76. The summed E-state index contributed by atoms with van der Waals surface area (Å²) in [4.78, 5) is 11.0. The summed E-state index contributed by atoms with van der Waals surface area (Å²) in [5.74, 6) is -0.391. The highest BCUT2D eigenvalue weighted by Crippen LogP contribution is 2.12. The monoisotopic (exact) mass is 231 g/mol. The lowest BCUT2D eigenvalue weighted by Crippen LogP contribution is -2.33. The highest BCUT2D eigenvalue weighted by Gasteiger charge is 2.15. The van der Waals surface area contributed by atoms with E-state index in [-0.39, 0.29) is 6.10 Å². The molecule has 0 saturated carbocycles. The summed E-state index contributed by atoms with van der Waals surface area (Å²) in [5, 5.41) is 0. The van der Waals surface area contributed by atoms with Crippen LogP contribution in [0.15, 0.2) is 0 Å². The van der Waals surface area contributed by atoms with Crippen molar-refractivity contribution in [3.63, 3.8) is 0 Å². The van der Waals surface area contributed by atoms with E-state index < -0.39 is 12.0 Å².